The summed E-state index contributed by atoms with van der Waals surface area (Å²) in [6, 6.07) is 12.2. The number of hydrogen-bond acceptors (Lipinski definition) is 6. The molecule has 0 saturated heterocycles. The van der Waals surface area contributed by atoms with Crippen LogP contribution in [0.25, 0.3) is 36.5 Å². The van der Waals surface area contributed by atoms with E-state index >= 15 is 0 Å². The summed E-state index contributed by atoms with van der Waals surface area (Å²) >= 11 is 0. The number of benzene rings is 3. The molecule has 6 heteroatoms. The van der Waals surface area contributed by atoms with E-state index in [2.05, 4.69) is 124 Å². The van der Waals surface area contributed by atoms with Crippen molar-refractivity contribution < 1.29 is 28.4 Å². The molecule has 0 aliphatic heterocycles. The molecule has 6 nitrogen and oxygen atoms in total. The summed E-state index contributed by atoms with van der Waals surface area (Å²) < 4.78 is 37.3. The van der Waals surface area contributed by atoms with E-state index in [0.717, 1.165) is 105 Å². The summed E-state index contributed by atoms with van der Waals surface area (Å²) in [5.41, 5.74) is 5.41. The Morgan fingerprint density at radius 1 is 0.354 bits per heavy atom. The molecule has 0 N–H and O–H groups in total. The van der Waals surface area contributed by atoms with Gasteiger partial charge in [-0.15, -0.1) is 0 Å². The van der Waals surface area contributed by atoms with Gasteiger partial charge < -0.3 is 28.4 Å². The first-order valence-corrected chi connectivity index (χ1v) is 24.9. The van der Waals surface area contributed by atoms with Crippen molar-refractivity contribution in [1.29, 1.82) is 0 Å². The van der Waals surface area contributed by atoms with Gasteiger partial charge in [-0.2, -0.15) is 0 Å². The first-order chi connectivity index (χ1) is 31.2. The van der Waals surface area contributed by atoms with Gasteiger partial charge in [-0.25, -0.2) is 0 Å². The molecule has 3 atom stereocenters. The van der Waals surface area contributed by atoms with Gasteiger partial charge in [0.1, 0.15) is 34.5 Å². The molecule has 0 fully saturated rings. The average Bonchev–Trinajstić information content (AvgIpc) is 3.27. The zero-order valence-corrected chi connectivity index (χ0v) is 42.9. The van der Waals surface area contributed by atoms with Crippen molar-refractivity contribution in [2.45, 2.75) is 139 Å². The fourth-order valence-electron chi connectivity index (χ4n) is 8.05. The van der Waals surface area contributed by atoms with Gasteiger partial charge in [0.2, 0.25) is 0 Å². The van der Waals surface area contributed by atoms with E-state index in [4.69, 9.17) is 28.4 Å². The number of hydrogen-bond donors (Lipinski definition) is 0. The smallest absolute Gasteiger partial charge is 0.127 e. The maximum atomic E-state index is 6.68. The second kappa shape index (κ2) is 29.9. The Labute approximate surface area is 396 Å². The molecule has 0 aliphatic carbocycles. The molecule has 3 rings (SSSR count). The maximum Gasteiger partial charge on any atom is 0.127 e. The Balaban J connectivity index is 1.97. The molecule has 0 amide bonds. The van der Waals surface area contributed by atoms with Gasteiger partial charge in [0.15, 0.2) is 0 Å². The van der Waals surface area contributed by atoms with Gasteiger partial charge in [-0.1, -0.05) is 170 Å². The van der Waals surface area contributed by atoms with Gasteiger partial charge in [0.25, 0.3) is 0 Å². The van der Waals surface area contributed by atoms with Crippen LogP contribution >= 0.6 is 0 Å². The molecular formula is C59H88O6. The lowest BCUT2D eigenvalue weighted by molar-refractivity contribution is 0.274. The molecule has 0 heterocycles. The van der Waals surface area contributed by atoms with Gasteiger partial charge in [0.05, 0.1) is 41.2 Å². The third-order valence-electron chi connectivity index (χ3n) is 12.5. The summed E-state index contributed by atoms with van der Waals surface area (Å²) in [5.74, 6) is 8.55. The van der Waals surface area contributed by atoms with E-state index in [-0.39, 0.29) is 0 Å². The highest BCUT2D eigenvalue weighted by Crippen LogP contribution is 2.37. The second-order valence-electron chi connectivity index (χ2n) is 19.7. The molecule has 65 heavy (non-hydrogen) atoms. The van der Waals surface area contributed by atoms with Crippen molar-refractivity contribution in [1.82, 2.24) is 0 Å². The topological polar surface area (TPSA) is 55.4 Å². The van der Waals surface area contributed by atoms with Crippen molar-refractivity contribution in [3.63, 3.8) is 0 Å². The quantitative estimate of drug-likeness (QED) is 0.0568. The van der Waals surface area contributed by atoms with E-state index < -0.39 is 0 Å². The zero-order chi connectivity index (χ0) is 47.7. The van der Waals surface area contributed by atoms with Crippen molar-refractivity contribution >= 4 is 36.5 Å². The molecule has 360 valence electrons. The minimum absolute atomic E-state index is 0.565. The van der Waals surface area contributed by atoms with Gasteiger partial charge in [-0.05, 0) is 91.2 Å². The average molecular weight is 893 g/mol. The highest BCUT2D eigenvalue weighted by molar-refractivity contribution is 5.82. The highest BCUT2D eigenvalue weighted by atomic mass is 16.5. The Hall–Kier alpha value is -4.58. The van der Waals surface area contributed by atoms with Gasteiger partial charge >= 0.3 is 0 Å². The van der Waals surface area contributed by atoms with E-state index in [0.29, 0.717) is 37.6 Å². The van der Waals surface area contributed by atoms with Crippen molar-refractivity contribution in [2.75, 3.05) is 41.2 Å². The molecule has 0 radical (unpaired) electrons. The summed E-state index contributed by atoms with van der Waals surface area (Å²) in [5, 5.41) is 0. The molecule has 0 bridgehead atoms. The van der Waals surface area contributed by atoms with Crippen LogP contribution in [0.5, 0.6) is 34.5 Å². The molecule has 0 aromatic heterocycles. The second-order valence-corrected chi connectivity index (χ2v) is 19.7. The van der Waals surface area contributed by atoms with E-state index in [1.807, 2.05) is 24.3 Å². The standard InChI is InChI=1S/C59H88O6/c1-15-48-36-54(60-12)50(39-57(48)63-33-30-45(9)23-17-20-42(3)4)26-27-52-41-59(65-35-32-47(11)25-19-22-44(7)8)53(38-56(52)62-14)29-28-51-40-58(49(16-2)37-55(51)61-13)64-34-31-46(10)24-18-21-43(5)6/h15-16,26-29,36-47H,1-2,17-25,30-35H2,3-14H3/b27-26+,29-28+. The van der Waals surface area contributed by atoms with Crippen LogP contribution in [0, 0.1) is 35.5 Å². The Bertz CT molecular complexity index is 1920. The molecular weight excluding hydrogens is 805 g/mol. The summed E-state index contributed by atoms with van der Waals surface area (Å²) in [7, 11) is 5.10. The Morgan fingerprint density at radius 2 is 0.600 bits per heavy atom. The molecule has 0 saturated carbocycles. The molecule has 3 unspecified atom stereocenters. The lowest BCUT2D eigenvalue weighted by Crippen LogP contribution is -2.06. The van der Waals surface area contributed by atoms with Crippen LogP contribution in [0.2, 0.25) is 0 Å². The number of rotatable bonds is 33. The first-order valence-electron chi connectivity index (χ1n) is 24.9. The Kier molecular flexibility index (Phi) is 25.1. The minimum atomic E-state index is 0.565. The lowest BCUT2D eigenvalue weighted by Gasteiger charge is -2.17. The van der Waals surface area contributed by atoms with Crippen LogP contribution in [-0.2, 0) is 0 Å². The molecule has 0 spiro atoms. The third kappa shape index (κ3) is 19.8. The lowest BCUT2D eigenvalue weighted by atomic mass is 9.97. The first kappa shape index (κ1) is 54.8. The van der Waals surface area contributed by atoms with Crippen LogP contribution in [0.4, 0.5) is 0 Å². The highest BCUT2D eigenvalue weighted by Gasteiger charge is 2.15. The fraction of sp³-hybridized carbons (Fsp3) is 0.559. The molecule has 0 aliphatic rings. The SMILES string of the molecule is C=Cc1cc(OC)c(/C=C/c2cc(OCCC(C)CCCC(C)C)c(/C=C/c3cc(OCCC(C)CCCC(C)C)c(C=C)cc3OC)cc2OC)cc1OCCC(C)CCCC(C)C. The van der Waals surface area contributed by atoms with Crippen LogP contribution < -0.4 is 28.4 Å². The van der Waals surface area contributed by atoms with Crippen molar-refractivity contribution in [3.8, 4) is 34.5 Å². The van der Waals surface area contributed by atoms with Crippen molar-refractivity contribution in [2.24, 2.45) is 35.5 Å². The number of ether oxygens (including phenoxy) is 6. The van der Waals surface area contributed by atoms with Crippen LogP contribution in [-0.4, -0.2) is 41.2 Å². The molecule has 3 aromatic carbocycles. The van der Waals surface area contributed by atoms with E-state index in [1.165, 1.54) is 57.8 Å². The normalized spacial score (nSPS) is 13.2. The monoisotopic (exact) mass is 893 g/mol. The largest absolute Gasteiger partial charge is 0.496 e. The third-order valence-corrected chi connectivity index (χ3v) is 12.5. The Morgan fingerprint density at radius 3 is 0.862 bits per heavy atom. The van der Waals surface area contributed by atoms with Crippen molar-refractivity contribution in [3.05, 3.63) is 82.9 Å². The van der Waals surface area contributed by atoms with Crippen LogP contribution in [0.3, 0.4) is 0 Å². The summed E-state index contributed by atoms with van der Waals surface area (Å²) in [4.78, 5) is 0. The van der Waals surface area contributed by atoms with E-state index in [9.17, 15) is 0 Å². The van der Waals surface area contributed by atoms with Crippen LogP contribution in [0.15, 0.2) is 49.6 Å². The summed E-state index contributed by atoms with van der Waals surface area (Å²) in [6.07, 6.45) is 26.1. The van der Waals surface area contributed by atoms with Crippen LogP contribution in [0.1, 0.15) is 173 Å². The predicted octanol–water partition coefficient (Wildman–Crippen LogP) is 17.0. The summed E-state index contributed by atoms with van der Waals surface area (Å²) in [6.45, 7) is 30.8. The molecule has 3 aromatic rings. The van der Waals surface area contributed by atoms with Gasteiger partial charge in [-0.3, -0.25) is 0 Å². The minimum Gasteiger partial charge on any atom is -0.496 e. The predicted molar refractivity (Wildman–Crippen MR) is 281 cm³/mol. The fourth-order valence-corrected chi connectivity index (χ4v) is 8.05. The number of methoxy groups -OCH3 is 3. The zero-order valence-electron chi connectivity index (χ0n) is 42.9. The van der Waals surface area contributed by atoms with E-state index in [1.54, 1.807) is 21.3 Å². The van der Waals surface area contributed by atoms with Gasteiger partial charge in [0, 0.05) is 33.4 Å². The maximum absolute atomic E-state index is 6.68.